The average molecular weight is 393 g/mol. The van der Waals surface area contributed by atoms with Crippen molar-refractivity contribution in [2.75, 3.05) is 0 Å². The van der Waals surface area contributed by atoms with Crippen molar-refractivity contribution in [1.29, 1.82) is 0 Å². The van der Waals surface area contributed by atoms with E-state index < -0.39 is 22.1 Å². The number of benzene rings is 1. The van der Waals surface area contributed by atoms with E-state index in [1.165, 1.54) is 0 Å². The summed E-state index contributed by atoms with van der Waals surface area (Å²) in [6.45, 7) is 1.83. The lowest BCUT2D eigenvalue weighted by atomic mass is 10.1. The van der Waals surface area contributed by atoms with E-state index in [4.69, 9.17) is 4.52 Å². The first kappa shape index (κ1) is 15.9. The summed E-state index contributed by atoms with van der Waals surface area (Å²) in [6.07, 6.45) is 0. The third kappa shape index (κ3) is 2.78. The van der Waals surface area contributed by atoms with Crippen LogP contribution in [0.5, 0.6) is 11.5 Å². The van der Waals surface area contributed by atoms with Gasteiger partial charge in [-0.25, -0.2) is 4.98 Å². The second-order valence-corrected chi connectivity index (χ2v) is 5.59. The summed E-state index contributed by atoms with van der Waals surface area (Å²) >= 11 is 3.31. The topological polar surface area (TPSA) is 135 Å². The molecule has 0 bridgehead atoms. The Morgan fingerprint density at radius 3 is 2.67 bits per heavy atom. The molecule has 0 fully saturated rings. The summed E-state index contributed by atoms with van der Waals surface area (Å²) in [5, 5.41) is 33.9. The molecule has 0 amide bonds. The van der Waals surface area contributed by atoms with Gasteiger partial charge in [0, 0.05) is 11.8 Å². The Labute approximate surface area is 142 Å². The van der Waals surface area contributed by atoms with E-state index in [-0.39, 0.29) is 17.3 Å². The largest absolute Gasteiger partial charge is 0.504 e. The van der Waals surface area contributed by atoms with Crippen molar-refractivity contribution in [1.82, 2.24) is 15.1 Å². The Bertz CT molecular complexity index is 956. The van der Waals surface area contributed by atoms with Gasteiger partial charge in [-0.3, -0.25) is 10.1 Å². The van der Waals surface area contributed by atoms with Gasteiger partial charge in [-0.05, 0) is 41.1 Å². The summed E-state index contributed by atoms with van der Waals surface area (Å²) in [7, 11) is 0. The highest BCUT2D eigenvalue weighted by Crippen LogP contribution is 2.39. The maximum absolute atomic E-state index is 10.9. The Morgan fingerprint density at radius 2 is 2.00 bits per heavy atom. The van der Waals surface area contributed by atoms with Crippen LogP contribution in [0.15, 0.2) is 33.4 Å². The lowest BCUT2D eigenvalue weighted by Gasteiger charge is -2.01. The van der Waals surface area contributed by atoms with Gasteiger partial charge in [0.2, 0.25) is 11.6 Å². The SMILES string of the molecule is Cc1ccc(-c2noc(-c3cc(O)c(O)c([N+](=O)[O-])c3)n2)c(Br)n1. The van der Waals surface area contributed by atoms with Crippen molar-refractivity contribution in [3.63, 3.8) is 0 Å². The number of halogens is 1. The van der Waals surface area contributed by atoms with Crippen LogP contribution in [0.2, 0.25) is 0 Å². The van der Waals surface area contributed by atoms with Crippen molar-refractivity contribution >= 4 is 21.6 Å². The number of nitrogens with zero attached hydrogens (tertiary/aromatic N) is 4. The van der Waals surface area contributed by atoms with E-state index in [0.717, 1.165) is 17.8 Å². The highest BCUT2D eigenvalue weighted by Gasteiger charge is 2.22. The summed E-state index contributed by atoms with van der Waals surface area (Å²) in [5.74, 6) is -1.30. The number of hydrogen-bond donors (Lipinski definition) is 2. The first-order chi connectivity index (χ1) is 11.4. The van der Waals surface area contributed by atoms with Gasteiger partial charge in [-0.15, -0.1) is 0 Å². The van der Waals surface area contributed by atoms with Gasteiger partial charge in [0.15, 0.2) is 5.75 Å². The molecule has 10 heteroatoms. The fourth-order valence-electron chi connectivity index (χ4n) is 2.01. The van der Waals surface area contributed by atoms with Crippen LogP contribution in [0.4, 0.5) is 5.69 Å². The van der Waals surface area contributed by atoms with Gasteiger partial charge in [-0.2, -0.15) is 4.98 Å². The molecule has 1 aromatic carbocycles. The van der Waals surface area contributed by atoms with Crippen LogP contribution in [0.3, 0.4) is 0 Å². The van der Waals surface area contributed by atoms with Gasteiger partial charge in [0.25, 0.3) is 5.89 Å². The predicted molar refractivity (Wildman–Crippen MR) is 85.4 cm³/mol. The maximum Gasteiger partial charge on any atom is 0.315 e. The molecule has 0 saturated heterocycles. The number of aryl methyl sites for hydroxylation is 1. The van der Waals surface area contributed by atoms with E-state index >= 15 is 0 Å². The number of hydrogen-bond acceptors (Lipinski definition) is 8. The molecule has 0 aliphatic carbocycles. The van der Waals surface area contributed by atoms with Crippen LogP contribution in [-0.2, 0) is 0 Å². The van der Waals surface area contributed by atoms with E-state index in [2.05, 4.69) is 31.1 Å². The van der Waals surface area contributed by atoms with Crippen molar-refractivity contribution in [2.24, 2.45) is 0 Å². The fourth-order valence-corrected chi connectivity index (χ4v) is 2.60. The zero-order chi connectivity index (χ0) is 17.4. The zero-order valence-corrected chi connectivity index (χ0v) is 13.7. The van der Waals surface area contributed by atoms with Gasteiger partial charge < -0.3 is 14.7 Å². The number of nitro groups is 1. The Kier molecular flexibility index (Phi) is 3.89. The smallest absolute Gasteiger partial charge is 0.315 e. The minimum absolute atomic E-state index is 0.0455. The monoisotopic (exact) mass is 392 g/mol. The van der Waals surface area contributed by atoms with Crippen molar-refractivity contribution in [3.8, 4) is 34.3 Å². The van der Waals surface area contributed by atoms with E-state index in [0.29, 0.717) is 10.2 Å². The molecule has 0 atom stereocenters. The fraction of sp³-hybridized carbons (Fsp3) is 0.0714. The molecule has 2 N–H and O–H groups in total. The van der Waals surface area contributed by atoms with E-state index in [1.807, 2.05) is 6.92 Å². The van der Waals surface area contributed by atoms with Crippen LogP contribution >= 0.6 is 15.9 Å². The molecule has 0 aliphatic heterocycles. The lowest BCUT2D eigenvalue weighted by molar-refractivity contribution is -0.385. The molecule has 3 rings (SSSR count). The number of pyridine rings is 1. The number of rotatable bonds is 3. The summed E-state index contributed by atoms with van der Waals surface area (Å²) in [5.41, 5.74) is 0.816. The number of phenolic OH excluding ortho intramolecular Hbond substituents is 2. The summed E-state index contributed by atoms with van der Waals surface area (Å²) < 4.78 is 5.62. The second-order valence-electron chi connectivity index (χ2n) is 4.83. The molecule has 2 aromatic heterocycles. The lowest BCUT2D eigenvalue weighted by Crippen LogP contribution is -1.91. The Morgan fingerprint density at radius 1 is 1.25 bits per heavy atom. The molecular formula is C14H9BrN4O5. The minimum Gasteiger partial charge on any atom is -0.504 e. The van der Waals surface area contributed by atoms with E-state index in [1.54, 1.807) is 12.1 Å². The maximum atomic E-state index is 10.9. The highest BCUT2D eigenvalue weighted by atomic mass is 79.9. The minimum atomic E-state index is -0.825. The molecule has 3 aromatic rings. The predicted octanol–water partition coefficient (Wildman–Crippen LogP) is 3.19. The van der Waals surface area contributed by atoms with Gasteiger partial charge in [0.1, 0.15) is 4.60 Å². The molecule has 0 saturated carbocycles. The average Bonchev–Trinajstić information content (AvgIpc) is 2.99. The van der Waals surface area contributed by atoms with Crippen LogP contribution < -0.4 is 0 Å². The van der Waals surface area contributed by atoms with Crippen LogP contribution in [0, 0.1) is 17.0 Å². The molecule has 0 aliphatic rings. The number of aromatic hydroxyl groups is 2. The number of aromatic nitrogens is 3. The molecule has 122 valence electrons. The molecule has 2 heterocycles. The first-order valence-electron chi connectivity index (χ1n) is 6.55. The Balaban J connectivity index is 2.07. The third-order valence-corrected chi connectivity index (χ3v) is 3.77. The zero-order valence-electron chi connectivity index (χ0n) is 12.1. The number of phenols is 2. The number of nitro benzene ring substituents is 1. The molecule has 0 unspecified atom stereocenters. The molecule has 24 heavy (non-hydrogen) atoms. The summed E-state index contributed by atoms with van der Waals surface area (Å²) in [4.78, 5) is 18.5. The van der Waals surface area contributed by atoms with Crippen molar-refractivity contribution < 1.29 is 19.7 Å². The quantitative estimate of drug-likeness (QED) is 0.300. The molecular weight excluding hydrogens is 384 g/mol. The van der Waals surface area contributed by atoms with E-state index in [9.17, 15) is 20.3 Å². The molecule has 9 nitrogen and oxygen atoms in total. The second kappa shape index (κ2) is 5.89. The summed E-state index contributed by atoms with van der Waals surface area (Å²) in [6, 6.07) is 5.65. The highest BCUT2D eigenvalue weighted by molar-refractivity contribution is 9.10. The van der Waals surface area contributed by atoms with Crippen molar-refractivity contribution in [3.05, 3.63) is 44.7 Å². The van der Waals surface area contributed by atoms with Crippen molar-refractivity contribution in [2.45, 2.75) is 6.92 Å². The normalized spacial score (nSPS) is 10.8. The van der Waals surface area contributed by atoms with Crippen LogP contribution in [0.25, 0.3) is 22.8 Å². The molecule has 0 radical (unpaired) electrons. The van der Waals surface area contributed by atoms with Gasteiger partial charge in [0.05, 0.1) is 16.1 Å². The Hall–Kier alpha value is -3.01. The van der Waals surface area contributed by atoms with Crippen LogP contribution in [-0.4, -0.2) is 30.3 Å². The van der Waals surface area contributed by atoms with Gasteiger partial charge >= 0.3 is 5.69 Å². The molecule has 0 spiro atoms. The van der Waals surface area contributed by atoms with Crippen LogP contribution in [0.1, 0.15) is 5.69 Å². The van der Waals surface area contributed by atoms with Gasteiger partial charge in [-0.1, -0.05) is 5.16 Å². The third-order valence-electron chi connectivity index (χ3n) is 3.17. The standard InChI is InChI=1S/C14H9BrN4O5/c1-6-2-3-8(12(15)16-6)13-17-14(24-18-13)7-4-9(19(22)23)11(21)10(20)5-7/h2-5,20-21H,1H3. The first-order valence-corrected chi connectivity index (χ1v) is 7.34.